The van der Waals surface area contributed by atoms with E-state index in [1.54, 1.807) is 6.07 Å². The average Bonchev–Trinajstić information content (AvgIpc) is 3.39. The van der Waals surface area contributed by atoms with E-state index in [1.165, 1.54) is 12.8 Å². The van der Waals surface area contributed by atoms with Gasteiger partial charge in [0.15, 0.2) is 11.5 Å². The van der Waals surface area contributed by atoms with Crippen molar-refractivity contribution in [3.63, 3.8) is 0 Å². The second-order valence-electron chi connectivity index (χ2n) is 9.65. The Morgan fingerprint density at radius 3 is 2.79 bits per heavy atom. The standard InChI is InChI=1S/C21H27N3O4/c22-18(26)20(23)5-6-21(27)14-9-12-3-4-13(25)16-15(12)19(21,17(20)28-16)7-8-24(14)10-11-1-2-11/h3-4,11,14,17,25,27H,1-2,5-10,23H2,(H2,22,26)/t14-,17-,19?,20+,21-/m1/s1. The zero-order valence-electron chi connectivity index (χ0n) is 15.9. The van der Waals surface area contributed by atoms with Gasteiger partial charge in [0.05, 0.1) is 11.0 Å². The largest absolute Gasteiger partial charge is 0.504 e. The lowest BCUT2D eigenvalue weighted by molar-refractivity contribution is -0.202. The summed E-state index contributed by atoms with van der Waals surface area (Å²) in [5.74, 6) is 0.543. The highest BCUT2D eigenvalue weighted by Gasteiger charge is 2.76. The number of carbonyl (C=O) groups excluding carboxylic acids is 1. The second-order valence-corrected chi connectivity index (χ2v) is 9.65. The van der Waals surface area contributed by atoms with Crippen LogP contribution in [0.1, 0.15) is 43.2 Å². The van der Waals surface area contributed by atoms with E-state index in [0.717, 1.165) is 36.6 Å². The topological polar surface area (TPSA) is 122 Å². The van der Waals surface area contributed by atoms with Crippen LogP contribution in [0.15, 0.2) is 12.1 Å². The Morgan fingerprint density at radius 1 is 1.29 bits per heavy atom. The number of carbonyl (C=O) groups is 1. The summed E-state index contributed by atoms with van der Waals surface area (Å²) < 4.78 is 6.23. The summed E-state index contributed by atoms with van der Waals surface area (Å²) in [5, 5.41) is 22.7. The molecule has 0 aromatic heterocycles. The number of nitrogens with two attached hydrogens (primary N) is 2. The van der Waals surface area contributed by atoms with E-state index >= 15 is 0 Å². The summed E-state index contributed by atoms with van der Waals surface area (Å²) in [5.41, 5.74) is 11.0. The summed E-state index contributed by atoms with van der Waals surface area (Å²) in [6.07, 6.45) is 3.83. The van der Waals surface area contributed by atoms with Gasteiger partial charge in [0.25, 0.3) is 0 Å². The van der Waals surface area contributed by atoms with E-state index in [9.17, 15) is 15.0 Å². The Labute approximate surface area is 163 Å². The molecule has 150 valence electrons. The van der Waals surface area contributed by atoms with Crippen LogP contribution in [0.25, 0.3) is 0 Å². The summed E-state index contributed by atoms with van der Waals surface area (Å²) >= 11 is 0. The molecule has 6 N–H and O–H groups in total. The first-order chi connectivity index (χ1) is 13.3. The minimum atomic E-state index is -1.37. The maximum atomic E-state index is 12.4. The van der Waals surface area contributed by atoms with Gasteiger partial charge >= 0.3 is 0 Å². The molecule has 2 aliphatic heterocycles. The number of benzene rings is 1. The highest BCUT2D eigenvalue weighted by molar-refractivity contribution is 5.87. The Hall–Kier alpha value is -1.83. The Bertz CT molecular complexity index is 902. The minimum absolute atomic E-state index is 0.0339. The fourth-order valence-corrected chi connectivity index (χ4v) is 6.80. The van der Waals surface area contributed by atoms with Crippen molar-refractivity contribution in [2.75, 3.05) is 13.1 Å². The number of aromatic hydroxyl groups is 1. The van der Waals surface area contributed by atoms with Gasteiger partial charge in [0.1, 0.15) is 11.6 Å². The van der Waals surface area contributed by atoms with Crippen molar-refractivity contribution in [3.8, 4) is 11.5 Å². The van der Waals surface area contributed by atoms with Gasteiger partial charge in [-0.05, 0) is 62.6 Å². The van der Waals surface area contributed by atoms with Crippen LogP contribution in [0.5, 0.6) is 11.5 Å². The van der Waals surface area contributed by atoms with E-state index in [2.05, 4.69) is 4.90 Å². The number of likely N-dealkylation sites (tertiary alicyclic amines) is 1. The quantitative estimate of drug-likeness (QED) is 0.587. The smallest absolute Gasteiger partial charge is 0.241 e. The molecule has 5 atom stereocenters. The lowest BCUT2D eigenvalue weighted by Crippen LogP contribution is -2.82. The third kappa shape index (κ3) is 1.75. The fraction of sp³-hybridized carbons (Fsp3) is 0.667. The molecule has 7 nitrogen and oxygen atoms in total. The lowest BCUT2D eigenvalue weighted by Gasteiger charge is -2.65. The first-order valence-corrected chi connectivity index (χ1v) is 10.4. The van der Waals surface area contributed by atoms with Gasteiger partial charge in [-0.2, -0.15) is 0 Å². The third-order valence-electron chi connectivity index (χ3n) is 8.36. The van der Waals surface area contributed by atoms with Gasteiger partial charge < -0.3 is 26.4 Å². The molecule has 0 radical (unpaired) electrons. The number of phenols is 1. The van der Waals surface area contributed by atoms with Crippen LogP contribution >= 0.6 is 0 Å². The van der Waals surface area contributed by atoms with E-state index in [-0.39, 0.29) is 18.2 Å². The van der Waals surface area contributed by atoms with Gasteiger partial charge in [0, 0.05) is 18.2 Å². The number of ether oxygens (including phenoxy) is 1. The van der Waals surface area contributed by atoms with Crippen molar-refractivity contribution in [1.82, 2.24) is 4.90 Å². The molecule has 7 heteroatoms. The number of hydrogen-bond donors (Lipinski definition) is 4. The zero-order valence-corrected chi connectivity index (χ0v) is 15.9. The van der Waals surface area contributed by atoms with Crippen LogP contribution in [0.3, 0.4) is 0 Å². The van der Waals surface area contributed by atoms with E-state index < -0.39 is 28.6 Å². The molecule has 3 aliphatic carbocycles. The number of phenolic OH excluding ortho intramolecular Hbond substituents is 1. The summed E-state index contributed by atoms with van der Waals surface area (Å²) in [6, 6.07) is 3.55. The Kier molecular flexibility index (Phi) is 3.05. The van der Waals surface area contributed by atoms with Crippen molar-refractivity contribution >= 4 is 5.91 Å². The maximum Gasteiger partial charge on any atom is 0.241 e. The lowest BCUT2D eigenvalue weighted by atomic mass is 9.46. The van der Waals surface area contributed by atoms with E-state index in [4.69, 9.17) is 16.2 Å². The Balaban J connectivity index is 1.58. The van der Waals surface area contributed by atoms with Crippen molar-refractivity contribution in [3.05, 3.63) is 23.3 Å². The van der Waals surface area contributed by atoms with Gasteiger partial charge in [-0.3, -0.25) is 9.69 Å². The van der Waals surface area contributed by atoms with Crippen LogP contribution in [0.4, 0.5) is 0 Å². The number of rotatable bonds is 3. The number of piperidine rings is 1. The molecule has 2 heterocycles. The highest BCUT2D eigenvalue weighted by atomic mass is 16.5. The number of hydrogen-bond acceptors (Lipinski definition) is 6. The number of amides is 1. The van der Waals surface area contributed by atoms with Gasteiger partial charge in [-0.15, -0.1) is 0 Å². The third-order valence-corrected chi connectivity index (χ3v) is 8.36. The van der Waals surface area contributed by atoms with Crippen molar-refractivity contribution in [2.45, 2.75) is 67.2 Å². The Morgan fingerprint density at radius 2 is 2.07 bits per heavy atom. The van der Waals surface area contributed by atoms with Crippen molar-refractivity contribution < 1.29 is 19.7 Å². The molecule has 1 unspecified atom stereocenters. The summed E-state index contributed by atoms with van der Waals surface area (Å²) in [7, 11) is 0. The van der Waals surface area contributed by atoms with E-state index in [0.29, 0.717) is 18.6 Å². The number of aliphatic hydroxyl groups is 1. The van der Waals surface area contributed by atoms with Crippen LogP contribution in [0, 0.1) is 5.92 Å². The summed E-state index contributed by atoms with van der Waals surface area (Å²) in [4.78, 5) is 14.9. The molecule has 28 heavy (non-hydrogen) atoms. The first kappa shape index (κ1) is 17.1. The molecular formula is C21H27N3O4. The molecular weight excluding hydrogens is 358 g/mol. The number of primary amides is 1. The molecule has 5 aliphatic rings. The molecule has 1 saturated heterocycles. The minimum Gasteiger partial charge on any atom is -0.504 e. The molecule has 6 rings (SSSR count). The first-order valence-electron chi connectivity index (χ1n) is 10.4. The van der Waals surface area contributed by atoms with Crippen molar-refractivity contribution in [1.29, 1.82) is 0 Å². The maximum absolute atomic E-state index is 12.4. The van der Waals surface area contributed by atoms with Gasteiger partial charge in [0.2, 0.25) is 5.91 Å². The van der Waals surface area contributed by atoms with Crippen molar-refractivity contribution in [2.24, 2.45) is 17.4 Å². The molecule has 3 fully saturated rings. The van der Waals surface area contributed by atoms with Crippen LogP contribution in [-0.2, 0) is 16.6 Å². The summed E-state index contributed by atoms with van der Waals surface area (Å²) in [6.45, 7) is 1.84. The molecule has 2 bridgehead atoms. The predicted molar refractivity (Wildman–Crippen MR) is 101 cm³/mol. The second kappa shape index (κ2) is 5.01. The predicted octanol–water partition coefficient (Wildman–Crippen LogP) is 0.139. The molecule has 1 amide bonds. The number of nitrogens with zero attached hydrogens (tertiary/aromatic N) is 1. The normalized spacial score (nSPS) is 43.4. The van der Waals surface area contributed by atoms with Crippen LogP contribution in [0.2, 0.25) is 0 Å². The fourth-order valence-electron chi connectivity index (χ4n) is 6.80. The molecule has 1 aromatic rings. The molecule has 1 spiro atoms. The van der Waals surface area contributed by atoms with Gasteiger partial charge in [-0.25, -0.2) is 0 Å². The molecule has 2 saturated carbocycles. The SMILES string of the molecule is NC(=O)[C@]1(N)CC[C@@]2(O)[C@H]3Cc4ccc(O)c5c4C2(CCN3CC2CC2)[C@H]1O5. The monoisotopic (exact) mass is 385 g/mol. The van der Waals surface area contributed by atoms with Crippen LogP contribution < -0.4 is 16.2 Å². The van der Waals surface area contributed by atoms with E-state index in [1.807, 2.05) is 6.07 Å². The highest BCUT2D eigenvalue weighted by Crippen LogP contribution is 2.66. The zero-order chi connectivity index (χ0) is 19.5. The van der Waals surface area contributed by atoms with Crippen LogP contribution in [-0.4, -0.2) is 57.4 Å². The molecule has 1 aromatic carbocycles. The van der Waals surface area contributed by atoms with Gasteiger partial charge in [-0.1, -0.05) is 6.07 Å². The average molecular weight is 385 g/mol.